The number of nitrogens with one attached hydrogen (secondary N) is 1. The predicted octanol–water partition coefficient (Wildman–Crippen LogP) is 2.71. The molecule has 4 rings (SSSR count). The van der Waals surface area contributed by atoms with Gasteiger partial charge in [0, 0.05) is 25.6 Å². The maximum Gasteiger partial charge on any atom is 0.410 e. The molecule has 11 nitrogen and oxygen atoms in total. The van der Waals surface area contributed by atoms with Gasteiger partial charge in [-0.2, -0.15) is 0 Å². The summed E-state index contributed by atoms with van der Waals surface area (Å²) in [4.78, 5) is 38.2. The van der Waals surface area contributed by atoms with Crippen molar-refractivity contribution in [3.8, 4) is 0 Å². The summed E-state index contributed by atoms with van der Waals surface area (Å²) in [6.45, 7) is 7.58. The van der Waals surface area contributed by atoms with E-state index in [9.17, 15) is 14.4 Å². The van der Waals surface area contributed by atoms with E-state index < -0.39 is 54.1 Å². The van der Waals surface area contributed by atoms with Gasteiger partial charge in [0.05, 0.1) is 0 Å². The number of likely N-dealkylation sites (tertiary alicyclic amines) is 1. The molecule has 11 heteroatoms. The minimum atomic E-state index is -0.889. The van der Waals surface area contributed by atoms with Gasteiger partial charge in [0.2, 0.25) is 0 Å². The highest BCUT2D eigenvalue weighted by molar-refractivity contribution is 5.69. The second-order valence-corrected chi connectivity index (χ2v) is 10.0. The van der Waals surface area contributed by atoms with E-state index in [1.807, 2.05) is 37.3 Å². The Kier molecular flexibility index (Phi) is 7.72. The van der Waals surface area contributed by atoms with Gasteiger partial charge in [0.15, 0.2) is 24.3 Å². The average Bonchev–Trinajstić information content (AvgIpc) is 3.28. The Balaban J connectivity index is 1.28. The van der Waals surface area contributed by atoms with Crippen LogP contribution in [0.25, 0.3) is 0 Å². The van der Waals surface area contributed by atoms with Crippen LogP contribution in [0, 0.1) is 0 Å². The van der Waals surface area contributed by atoms with E-state index in [0.29, 0.717) is 25.9 Å². The number of carbonyl (C=O) groups is 3. The highest BCUT2D eigenvalue weighted by Crippen LogP contribution is 2.39. The largest absolute Gasteiger partial charge is 0.463 e. The number of rotatable bonds is 6. The summed E-state index contributed by atoms with van der Waals surface area (Å²) >= 11 is 0. The van der Waals surface area contributed by atoms with Crippen LogP contribution in [0.1, 0.15) is 46.1 Å². The standard InChI is InChI=1S/C25H34N2O9/c1-16(28)31-15-18-19(20-21(33-18)36-24(2,3)35-20)34-23(30)27-12-10-25(4,11-13-27)26-22(29)32-14-17-8-6-5-7-9-17/h5-9,18-21H,10-15H2,1-4H3,(H,26,29)/t18-,19+,20-,21-/m1/s1. The fraction of sp³-hybridized carbons (Fsp3) is 0.640. The van der Waals surface area contributed by atoms with E-state index >= 15 is 0 Å². The number of hydrogen-bond acceptors (Lipinski definition) is 9. The molecule has 3 fully saturated rings. The van der Waals surface area contributed by atoms with Gasteiger partial charge in [-0.15, -0.1) is 0 Å². The topological polar surface area (TPSA) is 122 Å². The molecule has 0 unspecified atom stereocenters. The van der Waals surface area contributed by atoms with E-state index in [0.717, 1.165) is 5.56 Å². The van der Waals surface area contributed by atoms with Gasteiger partial charge in [-0.3, -0.25) is 4.79 Å². The van der Waals surface area contributed by atoms with Gasteiger partial charge in [-0.05, 0) is 39.2 Å². The molecule has 0 saturated carbocycles. The Hall–Kier alpha value is -2.89. The first-order valence-electron chi connectivity index (χ1n) is 12.1. The van der Waals surface area contributed by atoms with Gasteiger partial charge in [-0.25, -0.2) is 9.59 Å². The maximum absolute atomic E-state index is 13.0. The molecule has 1 N–H and O–H groups in total. The van der Waals surface area contributed by atoms with Gasteiger partial charge in [0.25, 0.3) is 0 Å². The van der Waals surface area contributed by atoms with E-state index in [2.05, 4.69) is 5.32 Å². The third kappa shape index (κ3) is 6.45. The summed E-state index contributed by atoms with van der Waals surface area (Å²) < 4.78 is 33.7. The predicted molar refractivity (Wildman–Crippen MR) is 125 cm³/mol. The van der Waals surface area contributed by atoms with Crippen LogP contribution in [-0.4, -0.2) is 78.7 Å². The highest BCUT2D eigenvalue weighted by atomic mass is 16.8. The second-order valence-electron chi connectivity index (χ2n) is 10.0. The molecular weight excluding hydrogens is 472 g/mol. The molecule has 198 valence electrons. The average molecular weight is 507 g/mol. The van der Waals surface area contributed by atoms with Crippen molar-refractivity contribution in [3.63, 3.8) is 0 Å². The van der Waals surface area contributed by atoms with Crippen molar-refractivity contribution in [2.45, 2.75) is 83.1 Å². The van der Waals surface area contributed by atoms with Crippen molar-refractivity contribution >= 4 is 18.2 Å². The number of piperidine rings is 1. The summed E-state index contributed by atoms with van der Waals surface area (Å²) in [6.07, 6.45) is -2.85. The normalized spacial score (nSPS) is 28.2. The Morgan fingerprint density at radius 1 is 1.06 bits per heavy atom. The fourth-order valence-corrected chi connectivity index (χ4v) is 4.53. The fourth-order valence-electron chi connectivity index (χ4n) is 4.53. The van der Waals surface area contributed by atoms with Gasteiger partial charge >= 0.3 is 18.2 Å². The van der Waals surface area contributed by atoms with Crippen molar-refractivity contribution in [3.05, 3.63) is 35.9 Å². The Labute approximate surface area is 210 Å². The lowest BCUT2D eigenvalue weighted by Crippen LogP contribution is -2.55. The minimum Gasteiger partial charge on any atom is -0.463 e. The number of esters is 1. The van der Waals surface area contributed by atoms with E-state index in [4.69, 9.17) is 28.4 Å². The molecule has 0 spiro atoms. The quantitative estimate of drug-likeness (QED) is 0.458. The number of benzene rings is 1. The lowest BCUT2D eigenvalue weighted by molar-refractivity contribution is -0.220. The molecule has 0 aliphatic carbocycles. The molecule has 0 bridgehead atoms. The van der Waals surface area contributed by atoms with Crippen LogP contribution in [-0.2, 0) is 39.8 Å². The summed E-state index contributed by atoms with van der Waals surface area (Å²) in [6, 6.07) is 9.44. The smallest absolute Gasteiger partial charge is 0.410 e. The van der Waals surface area contributed by atoms with Crippen LogP contribution < -0.4 is 5.32 Å². The summed E-state index contributed by atoms with van der Waals surface area (Å²) in [5, 5.41) is 2.93. The van der Waals surface area contributed by atoms with Crippen LogP contribution in [0.2, 0.25) is 0 Å². The van der Waals surface area contributed by atoms with Gasteiger partial charge < -0.3 is 38.6 Å². The van der Waals surface area contributed by atoms with Crippen LogP contribution in [0.5, 0.6) is 0 Å². The number of alkyl carbamates (subject to hydrolysis) is 1. The van der Waals surface area contributed by atoms with Crippen molar-refractivity contribution in [1.82, 2.24) is 10.2 Å². The summed E-state index contributed by atoms with van der Waals surface area (Å²) in [7, 11) is 0. The third-order valence-corrected chi connectivity index (χ3v) is 6.52. The Bertz CT molecular complexity index is 946. The monoisotopic (exact) mass is 506 g/mol. The molecule has 36 heavy (non-hydrogen) atoms. The number of fused-ring (bicyclic) bond motifs is 1. The lowest BCUT2D eigenvalue weighted by Gasteiger charge is -2.39. The van der Waals surface area contributed by atoms with Crippen molar-refractivity contribution in [2.24, 2.45) is 0 Å². The lowest BCUT2D eigenvalue weighted by atomic mass is 9.90. The zero-order chi connectivity index (χ0) is 25.9. The molecule has 1 aromatic rings. The molecule has 0 aromatic heterocycles. The molecule has 2 amide bonds. The third-order valence-electron chi connectivity index (χ3n) is 6.52. The SMILES string of the molecule is CC(=O)OC[C@H]1O[C@@H]2OC(C)(C)O[C@@H]2[C@H]1OC(=O)N1CCC(C)(NC(=O)OCc2ccccc2)CC1. The highest BCUT2D eigenvalue weighted by Gasteiger charge is 2.57. The zero-order valence-electron chi connectivity index (χ0n) is 21.1. The van der Waals surface area contributed by atoms with Crippen molar-refractivity contribution in [2.75, 3.05) is 19.7 Å². The van der Waals surface area contributed by atoms with E-state index in [-0.39, 0.29) is 13.2 Å². The maximum atomic E-state index is 13.0. The molecule has 3 heterocycles. The Morgan fingerprint density at radius 3 is 2.42 bits per heavy atom. The molecule has 3 saturated heterocycles. The minimum absolute atomic E-state index is 0.0828. The van der Waals surface area contributed by atoms with E-state index in [1.54, 1.807) is 18.7 Å². The van der Waals surface area contributed by atoms with Crippen molar-refractivity contribution in [1.29, 1.82) is 0 Å². The zero-order valence-corrected chi connectivity index (χ0v) is 21.1. The van der Waals surface area contributed by atoms with Crippen LogP contribution in [0.3, 0.4) is 0 Å². The molecule has 4 atom stereocenters. The van der Waals surface area contributed by atoms with Crippen LogP contribution in [0.15, 0.2) is 30.3 Å². The van der Waals surface area contributed by atoms with Gasteiger partial charge in [-0.1, -0.05) is 30.3 Å². The molecule has 3 aliphatic rings. The Morgan fingerprint density at radius 2 is 1.75 bits per heavy atom. The van der Waals surface area contributed by atoms with E-state index in [1.165, 1.54) is 6.92 Å². The number of amides is 2. The van der Waals surface area contributed by atoms with Gasteiger partial charge in [0.1, 0.15) is 19.3 Å². The molecular formula is C25H34N2O9. The number of ether oxygens (including phenoxy) is 6. The number of hydrogen-bond donors (Lipinski definition) is 1. The molecule has 3 aliphatic heterocycles. The number of nitrogens with zero attached hydrogens (tertiary/aromatic N) is 1. The summed E-state index contributed by atoms with van der Waals surface area (Å²) in [5.41, 5.74) is 0.386. The number of carbonyl (C=O) groups excluding carboxylic acids is 3. The van der Waals surface area contributed by atoms with Crippen molar-refractivity contribution < 1.29 is 42.8 Å². The summed E-state index contributed by atoms with van der Waals surface area (Å²) in [5.74, 6) is -1.35. The second kappa shape index (κ2) is 10.6. The first-order chi connectivity index (χ1) is 17.0. The first-order valence-corrected chi connectivity index (χ1v) is 12.1. The molecule has 1 aromatic carbocycles. The van der Waals surface area contributed by atoms with Crippen LogP contribution in [0.4, 0.5) is 9.59 Å². The molecule has 0 radical (unpaired) electrons. The first kappa shape index (κ1) is 26.2. The van der Waals surface area contributed by atoms with Crippen LogP contribution >= 0.6 is 0 Å².